The van der Waals surface area contributed by atoms with Gasteiger partial charge in [-0.25, -0.2) is 18.1 Å². The molecule has 2 aliphatic heterocycles. The molecule has 2 aliphatic rings. The van der Waals surface area contributed by atoms with Gasteiger partial charge in [0.15, 0.2) is 29.0 Å². The third kappa shape index (κ3) is 4.38. The van der Waals surface area contributed by atoms with Gasteiger partial charge in [0, 0.05) is 18.6 Å². The number of carboxylic acid groups (broad SMARTS) is 1. The number of hydrogen-bond acceptors (Lipinski definition) is 7. The molecule has 0 aromatic heterocycles. The fourth-order valence-corrected chi connectivity index (χ4v) is 5.75. The molecule has 1 N–H and O–H groups in total. The number of carbonyl (C=O) groups excluding carboxylic acids is 2. The van der Waals surface area contributed by atoms with Crippen LogP contribution >= 0.6 is 11.8 Å². The average molecular weight is 511 g/mol. The van der Waals surface area contributed by atoms with Gasteiger partial charge in [-0.2, -0.15) is 0 Å². The summed E-state index contributed by atoms with van der Waals surface area (Å²) < 4.78 is 58.8. The molecule has 0 radical (unpaired) electrons. The number of aliphatic carboxylic acids is 1. The number of imide groups is 1. The van der Waals surface area contributed by atoms with Crippen molar-refractivity contribution in [2.75, 3.05) is 24.9 Å². The quantitative estimate of drug-likeness (QED) is 0.565. The second kappa shape index (κ2) is 9.68. The van der Waals surface area contributed by atoms with Crippen LogP contribution in [0.2, 0.25) is 0 Å². The molecule has 0 bridgehead atoms. The first-order valence-corrected chi connectivity index (χ1v) is 11.4. The number of benzene rings is 2. The summed E-state index contributed by atoms with van der Waals surface area (Å²) in [7, 11) is 2.49. The van der Waals surface area contributed by atoms with Crippen molar-refractivity contribution in [1.29, 1.82) is 0 Å². The first-order chi connectivity index (χ1) is 16.7. The first-order valence-electron chi connectivity index (χ1n) is 10.4. The average Bonchev–Trinajstić information content (AvgIpc) is 3.25. The maximum Gasteiger partial charge on any atom is 0.317 e. The van der Waals surface area contributed by atoms with Crippen LogP contribution in [0.3, 0.4) is 0 Å². The van der Waals surface area contributed by atoms with E-state index in [2.05, 4.69) is 0 Å². The summed E-state index contributed by atoms with van der Waals surface area (Å²) in [6, 6.07) is 4.02. The van der Waals surface area contributed by atoms with Crippen LogP contribution in [0.1, 0.15) is 12.0 Å². The fourth-order valence-electron chi connectivity index (χ4n) is 4.28. The van der Waals surface area contributed by atoms with Gasteiger partial charge in [0.25, 0.3) is 0 Å². The summed E-state index contributed by atoms with van der Waals surface area (Å²) >= 11 is 1.07. The molecule has 4 rings (SSSR count). The lowest BCUT2D eigenvalue weighted by molar-refractivity contribution is -0.143. The summed E-state index contributed by atoms with van der Waals surface area (Å²) in [5.74, 6) is -7.41. The van der Waals surface area contributed by atoms with E-state index < -0.39 is 64.6 Å². The monoisotopic (exact) mass is 511 g/mol. The number of piperidine rings is 1. The highest BCUT2D eigenvalue weighted by Gasteiger charge is 2.52. The Balaban J connectivity index is 1.69. The van der Waals surface area contributed by atoms with Gasteiger partial charge in [0.1, 0.15) is 17.6 Å². The predicted molar refractivity (Wildman–Crippen MR) is 118 cm³/mol. The zero-order valence-electron chi connectivity index (χ0n) is 18.5. The largest absolute Gasteiger partial charge is 0.496 e. The highest BCUT2D eigenvalue weighted by molar-refractivity contribution is 8.00. The zero-order valence-corrected chi connectivity index (χ0v) is 19.4. The highest BCUT2D eigenvalue weighted by atomic mass is 32.2. The molecule has 35 heavy (non-hydrogen) atoms. The van der Waals surface area contributed by atoms with Crippen LogP contribution in [0.4, 0.5) is 18.9 Å². The van der Waals surface area contributed by atoms with Crippen molar-refractivity contribution in [3.05, 3.63) is 47.3 Å². The second-order valence-corrected chi connectivity index (χ2v) is 9.11. The number of carboxylic acids is 1. The highest BCUT2D eigenvalue weighted by Crippen LogP contribution is 2.45. The van der Waals surface area contributed by atoms with Crippen LogP contribution in [0.5, 0.6) is 17.2 Å². The molecule has 3 unspecified atom stereocenters. The second-order valence-electron chi connectivity index (χ2n) is 7.93. The molecule has 2 aromatic carbocycles. The van der Waals surface area contributed by atoms with Gasteiger partial charge in [0.05, 0.1) is 31.4 Å². The summed E-state index contributed by atoms with van der Waals surface area (Å²) in [5.41, 5.74) is -0.706. The Morgan fingerprint density at radius 3 is 2.46 bits per heavy atom. The lowest BCUT2D eigenvalue weighted by Crippen LogP contribution is -2.52. The number of thioether (sulfide) groups is 1. The molecule has 2 heterocycles. The number of halogens is 3. The van der Waals surface area contributed by atoms with Crippen LogP contribution in [-0.2, 0) is 21.0 Å². The third-order valence-corrected chi connectivity index (χ3v) is 7.45. The van der Waals surface area contributed by atoms with Crippen molar-refractivity contribution in [2.24, 2.45) is 11.8 Å². The van der Waals surface area contributed by atoms with Gasteiger partial charge in [-0.1, -0.05) is 0 Å². The topological polar surface area (TPSA) is 102 Å². The molecular weight excluding hydrogens is 491 g/mol. The fraction of sp³-hybridized carbons (Fsp3) is 0.348. The van der Waals surface area contributed by atoms with Crippen LogP contribution in [0.15, 0.2) is 24.3 Å². The Morgan fingerprint density at radius 2 is 1.80 bits per heavy atom. The van der Waals surface area contributed by atoms with Crippen LogP contribution in [0, 0.1) is 29.3 Å². The molecule has 0 saturated carbocycles. The summed E-state index contributed by atoms with van der Waals surface area (Å²) in [6.07, 6.45) is -0.124. The Hall–Kier alpha value is -3.41. The van der Waals surface area contributed by atoms with Gasteiger partial charge in [0.2, 0.25) is 11.8 Å². The summed E-state index contributed by atoms with van der Waals surface area (Å²) in [5, 5.41) is 8.42. The van der Waals surface area contributed by atoms with Crippen LogP contribution in [0.25, 0.3) is 0 Å². The molecular formula is C23H20F3NO7S. The van der Waals surface area contributed by atoms with E-state index in [9.17, 15) is 28.3 Å². The van der Waals surface area contributed by atoms with Crippen molar-refractivity contribution < 1.29 is 46.9 Å². The van der Waals surface area contributed by atoms with E-state index >= 15 is 4.39 Å². The Morgan fingerprint density at radius 1 is 1.09 bits per heavy atom. The molecule has 3 atom stereocenters. The molecule has 0 aliphatic carbocycles. The van der Waals surface area contributed by atoms with Crippen molar-refractivity contribution in [1.82, 2.24) is 0 Å². The van der Waals surface area contributed by atoms with Gasteiger partial charge < -0.3 is 19.3 Å². The first kappa shape index (κ1) is 24.7. The molecule has 0 spiro atoms. The number of ether oxygens (including phenoxy) is 3. The van der Waals surface area contributed by atoms with E-state index in [4.69, 9.17) is 14.2 Å². The maximum absolute atomic E-state index is 15.0. The number of carbonyl (C=O) groups is 3. The Kier molecular flexibility index (Phi) is 6.84. The number of nitrogens with zero attached hydrogens (tertiary/aromatic N) is 1. The van der Waals surface area contributed by atoms with Crippen LogP contribution in [-0.4, -0.2) is 48.1 Å². The number of rotatable bonds is 7. The Labute approximate surface area is 201 Å². The minimum atomic E-state index is -1.20. The van der Waals surface area contributed by atoms with Crippen molar-refractivity contribution >= 4 is 35.2 Å². The van der Waals surface area contributed by atoms with Crippen LogP contribution < -0.4 is 19.1 Å². The summed E-state index contributed by atoms with van der Waals surface area (Å²) in [6.45, 7) is -0.543. The molecule has 2 fully saturated rings. The van der Waals surface area contributed by atoms with E-state index in [1.807, 2.05) is 0 Å². The van der Waals surface area contributed by atoms with E-state index in [1.165, 1.54) is 20.3 Å². The maximum atomic E-state index is 15.0. The smallest absolute Gasteiger partial charge is 0.317 e. The van der Waals surface area contributed by atoms with Crippen molar-refractivity contribution in [2.45, 2.75) is 18.3 Å². The lowest BCUT2D eigenvalue weighted by atomic mass is 9.83. The van der Waals surface area contributed by atoms with Gasteiger partial charge >= 0.3 is 5.97 Å². The molecule has 2 amide bonds. The van der Waals surface area contributed by atoms with Crippen molar-refractivity contribution in [3.8, 4) is 17.2 Å². The number of fused-ring (bicyclic) bond motifs is 1. The van der Waals surface area contributed by atoms with E-state index in [0.717, 1.165) is 30.0 Å². The molecule has 2 aromatic rings. The number of hydrogen-bond donors (Lipinski definition) is 1. The number of anilines is 1. The molecule has 186 valence electrons. The van der Waals surface area contributed by atoms with E-state index in [0.29, 0.717) is 10.7 Å². The predicted octanol–water partition coefficient (Wildman–Crippen LogP) is 3.40. The lowest BCUT2D eigenvalue weighted by Gasteiger charge is -2.34. The standard InChI is InChI=1S/C23H20F3NO7S/c1-32-15-4-3-12(24)20(26)11(15)8-34-17-7-14(13(25)6-16(17)33-2)27-18(28)5-10-9-35-21(23(30)31)19(10)22(27)29/h3-4,6-7,10,19,21H,5,8-9H2,1-2H3,(H,30,31). The third-order valence-electron chi connectivity index (χ3n) is 5.98. The number of amides is 2. The molecule has 12 heteroatoms. The van der Waals surface area contributed by atoms with E-state index in [1.54, 1.807) is 0 Å². The Bertz CT molecular complexity index is 1210. The molecule has 8 nitrogen and oxygen atoms in total. The minimum absolute atomic E-state index is 0.0103. The van der Waals surface area contributed by atoms with Gasteiger partial charge in [-0.05, 0) is 23.8 Å². The minimum Gasteiger partial charge on any atom is -0.496 e. The van der Waals surface area contributed by atoms with Crippen molar-refractivity contribution in [3.63, 3.8) is 0 Å². The number of methoxy groups -OCH3 is 2. The van der Waals surface area contributed by atoms with E-state index in [-0.39, 0.29) is 29.2 Å². The van der Waals surface area contributed by atoms with Gasteiger partial charge in [-0.3, -0.25) is 14.4 Å². The van der Waals surface area contributed by atoms with Gasteiger partial charge in [-0.15, -0.1) is 11.8 Å². The molecule has 2 saturated heterocycles. The zero-order chi connectivity index (χ0) is 25.4. The summed E-state index contributed by atoms with van der Waals surface area (Å²) in [4.78, 5) is 38.2. The normalized spacial score (nSPS) is 21.6. The SMILES string of the molecule is COc1cc(F)c(N2C(=O)CC3CSC(C(=O)O)C3C2=O)cc1OCc1c(OC)ccc(F)c1F.